The maximum atomic E-state index is 13.1. The Morgan fingerprint density at radius 3 is 2.56 bits per heavy atom. The third kappa shape index (κ3) is 2.82. The molecule has 0 atom stereocenters. The van der Waals surface area contributed by atoms with E-state index in [1.54, 1.807) is 12.1 Å². The highest BCUT2D eigenvalue weighted by atomic mass is 19.1. The Labute approximate surface area is 96.3 Å². The number of halogens is 1. The van der Waals surface area contributed by atoms with Gasteiger partial charge in [0.25, 0.3) is 0 Å². The molecule has 0 unspecified atom stereocenters. The average Bonchev–Trinajstić information content (AvgIpc) is 2.30. The number of aliphatic hydroxyl groups is 1. The van der Waals surface area contributed by atoms with Crippen LogP contribution in [0.1, 0.15) is 43.6 Å². The number of hydrogen-bond acceptors (Lipinski definition) is 1. The van der Waals surface area contributed by atoms with Gasteiger partial charge in [0.1, 0.15) is 5.82 Å². The molecule has 1 nitrogen and oxygen atoms in total. The van der Waals surface area contributed by atoms with E-state index in [0.29, 0.717) is 18.4 Å². The molecular formula is C14H19FO. The fourth-order valence-electron chi connectivity index (χ4n) is 2.73. The molecule has 0 bridgehead atoms. The molecule has 0 amide bonds. The summed E-state index contributed by atoms with van der Waals surface area (Å²) >= 11 is 0. The van der Waals surface area contributed by atoms with E-state index >= 15 is 0 Å². The van der Waals surface area contributed by atoms with Gasteiger partial charge in [-0.25, -0.2) is 4.39 Å². The Kier molecular flexibility index (Phi) is 3.94. The van der Waals surface area contributed by atoms with E-state index < -0.39 is 0 Å². The zero-order valence-corrected chi connectivity index (χ0v) is 9.53. The Balaban J connectivity index is 1.94. The van der Waals surface area contributed by atoms with Crippen molar-refractivity contribution in [2.45, 2.75) is 38.0 Å². The molecule has 0 radical (unpaired) electrons. The SMILES string of the molecule is OCCC1CCC(c2cccc(F)c2)CC1. The van der Waals surface area contributed by atoms with Crippen molar-refractivity contribution in [1.29, 1.82) is 0 Å². The first kappa shape index (κ1) is 11.6. The maximum Gasteiger partial charge on any atom is 0.123 e. The molecule has 1 aromatic carbocycles. The lowest BCUT2D eigenvalue weighted by molar-refractivity contribution is 0.222. The van der Waals surface area contributed by atoms with E-state index in [2.05, 4.69) is 0 Å². The molecule has 1 aromatic rings. The van der Waals surface area contributed by atoms with Gasteiger partial charge >= 0.3 is 0 Å². The van der Waals surface area contributed by atoms with Crippen LogP contribution in [0.2, 0.25) is 0 Å². The number of aliphatic hydroxyl groups excluding tert-OH is 1. The lowest BCUT2D eigenvalue weighted by atomic mass is 9.78. The first-order chi connectivity index (χ1) is 7.79. The quantitative estimate of drug-likeness (QED) is 0.830. The van der Waals surface area contributed by atoms with Crippen LogP contribution in [0.4, 0.5) is 4.39 Å². The minimum Gasteiger partial charge on any atom is -0.396 e. The molecule has 2 rings (SSSR count). The number of hydrogen-bond donors (Lipinski definition) is 1. The van der Waals surface area contributed by atoms with Crippen LogP contribution in [-0.4, -0.2) is 11.7 Å². The zero-order chi connectivity index (χ0) is 11.4. The molecule has 2 heteroatoms. The first-order valence-electron chi connectivity index (χ1n) is 6.16. The van der Waals surface area contributed by atoms with Crippen molar-refractivity contribution < 1.29 is 9.50 Å². The van der Waals surface area contributed by atoms with Gasteiger partial charge in [0.2, 0.25) is 0 Å². The highest BCUT2D eigenvalue weighted by Crippen LogP contribution is 2.36. The van der Waals surface area contributed by atoms with Crippen molar-refractivity contribution in [3.05, 3.63) is 35.6 Å². The lowest BCUT2D eigenvalue weighted by Gasteiger charge is -2.28. The fraction of sp³-hybridized carbons (Fsp3) is 0.571. The molecule has 0 aliphatic heterocycles. The molecule has 1 saturated carbocycles. The Bertz CT molecular complexity index is 329. The predicted octanol–water partition coefficient (Wildman–Crippen LogP) is 3.48. The summed E-state index contributed by atoms with van der Waals surface area (Å²) in [6, 6.07) is 6.99. The third-order valence-electron chi connectivity index (χ3n) is 3.70. The van der Waals surface area contributed by atoms with Crippen LogP contribution >= 0.6 is 0 Å². The maximum absolute atomic E-state index is 13.1. The second-order valence-corrected chi connectivity index (χ2v) is 4.78. The minimum absolute atomic E-state index is 0.130. The Morgan fingerprint density at radius 1 is 1.19 bits per heavy atom. The average molecular weight is 222 g/mol. The summed E-state index contributed by atoms with van der Waals surface area (Å²) in [5.41, 5.74) is 1.14. The predicted molar refractivity (Wildman–Crippen MR) is 62.8 cm³/mol. The van der Waals surface area contributed by atoms with Crippen LogP contribution in [0.3, 0.4) is 0 Å². The fourth-order valence-corrected chi connectivity index (χ4v) is 2.73. The van der Waals surface area contributed by atoms with Crippen molar-refractivity contribution >= 4 is 0 Å². The molecule has 16 heavy (non-hydrogen) atoms. The summed E-state index contributed by atoms with van der Waals surface area (Å²) in [6.07, 6.45) is 5.53. The van der Waals surface area contributed by atoms with Gasteiger partial charge < -0.3 is 5.11 Å². The number of rotatable bonds is 3. The Hall–Kier alpha value is -0.890. The normalized spacial score (nSPS) is 25.6. The van der Waals surface area contributed by atoms with Gasteiger partial charge in [-0.2, -0.15) is 0 Å². The van der Waals surface area contributed by atoms with Crippen molar-refractivity contribution in [2.24, 2.45) is 5.92 Å². The van der Waals surface area contributed by atoms with E-state index in [0.717, 1.165) is 24.8 Å². The molecule has 1 aliphatic rings. The zero-order valence-electron chi connectivity index (χ0n) is 9.53. The van der Waals surface area contributed by atoms with Crippen molar-refractivity contribution in [1.82, 2.24) is 0 Å². The second-order valence-electron chi connectivity index (χ2n) is 4.78. The monoisotopic (exact) mass is 222 g/mol. The smallest absolute Gasteiger partial charge is 0.123 e. The van der Waals surface area contributed by atoms with Crippen LogP contribution in [0.15, 0.2) is 24.3 Å². The van der Waals surface area contributed by atoms with Gasteiger partial charge in [0, 0.05) is 6.61 Å². The van der Waals surface area contributed by atoms with Gasteiger partial charge in [0.05, 0.1) is 0 Å². The number of benzene rings is 1. The van der Waals surface area contributed by atoms with Crippen molar-refractivity contribution in [3.8, 4) is 0 Å². The Morgan fingerprint density at radius 2 is 1.94 bits per heavy atom. The van der Waals surface area contributed by atoms with E-state index in [1.807, 2.05) is 6.07 Å². The van der Waals surface area contributed by atoms with E-state index in [-0.39, 0.29) is 5.82 Å². The van der Waals surface area contributed by atoms with Gasteiger partial charge in [-0.15, -0.1) is 0 Å². The van der Waals surface area contributed by atoms with E-state index in [1.165, 1.54) is 18.9 Å². The van der Waals surface area contributed by atoms with Gasteiger partial charge in [-0.05, 0) is 61.6 Å². The summed E-state index contributed by atoms with van der Waals surface area (Å²) in [5, 5.41) is 8.89. The minimum atomic E-state index is -0.130. The topological polar surface area (TPSA) is 20.2 Å². The summed E-state index contributed by atoms with van der Waals surface area (Å²) in [4.78, 5) is 0. The van der Waals surface area contributed by atoms with Crippen LogP contribution in [0, 0.1) is 11.7 Å². The first-order valence-corrected chi connectivity index (χ1v) is 6.16. The molecule has 0 aromatic heterocycles. The molecule has 88 valence electrons. The molecular weight excluding hydrogens is 203 g/mol. The molecule has 0 saturated heterocycles. The molecule has 1 aliphatic carbocycles. The summed E-state index contributed by atoms with van der Waals surface area (Å²) < 4.78 is 13.1. The van der Waals surface area contributed by atoms with E-state index in [9.17, 15) is 4.39 Å². The van der Waals surface area contributed by atoms with Crippen molar-refractivity contribution in [3.63, 3.8) is 0 Å². The molecule has 1 fully saturated rings. The highest BCUT2D eigenvalue weighted by molar-refractivity contribution is 5.21. The second kappa shape index (κ2) is 5.44. The molecule has 0 heterocycles. The van der Waals surface area contributed by atoms with Gasteiger partial charge in [0.15, 0.2) is 0 Å². The molecule has 0 spiro atoms. The molecule has 1 N–H and O–H groups in total. The van der Waals surface area contributed by atoms with Gasteiger partial charge in [-0.3, -0.25) is 0 Å². The van der Waals surface area contributed by atoms with Gasteiger partial charge in [-0.1, -0.05) is 12.1 Å². The van der Waals surface area contributed by atoms with Crippen LogP contribution in [0.25, 0.3) is 0 Å². The largest absolute Gasteiger partial charge is 0.396 e. The summed E-state index contributed by atoms with van der Waals surface area (Å²) in [7, 11) is 0. The summed E-state index contributed by atoms with van der Waals surface area (Å²) in [5.74, 6) is 1.07. The standard InChI is InChI=1S/C14H19FO/c15-14-3-1-2-13(10-14)12-6-4-11(5-7-12)8-9-16/h1-3,10-12,16H,4-9H2. The highest BCUT2D eigenvalue weighted by Gasteiger charge is 2.21. The lowest BCUT2D eigenvalue weighted by Crippen LogP contribution is -2.14. The van der Waals surface area contributed by atoms with Crippen LogP contribution in [-0.2, 0) is 0 Å². The van der Waals surface area contributed by atoms with Crippen LogP contribution in [0.5, 0.6) is 0 Å². The third-order valence-corrected chi connectivity index (χ3v) is 3.70. The van der Waals surface area contributed by atoms with E-state index in [4.69, 9.17) is 5.11 Å². The van der Waals surface area contributed by atoms with Crippen LogP contribution < -0.4 is 0 Å². The van der Waals surface area contributed by atoms with Crippen molar-refractivity contribution in [2.75, 3.05) is 6.61 Å². The summed E-state index contributed by atoms with van der Waals surface area (Å²) in [6.45, 7) is 0.301.